The largest absolute Gasteiger partial charge is 0.365 e. The minimum absolute atomic E-state index is 0.0285. The molecule has 0 unspecified atom stereocenters. The Morgan fingerprint density at radius 2 is 2.00 bits per heavy atom. The zero-order chi connectivity index (χ0) is 19.7. The molecule has 6 nitrogen and oxygen atoms in total. The Kier molecular flexibility index (Phi) is 5.03. The van der Waals surface area contributed by atoms with Crippen molar-refractivity contribution in [2.45, 2.75) is 46.6 Å². The van der Waals surface area contributed by atoms with E-state index in [2.05, 4.69) is 53.2 Å². The van der Waals surface area contributed by atoms with Crippen molar-refractivity contribution in [2.24, 2.45) is 0 Å². The van der Waals surface area contributed by atoms with Crippen LogP contribution in [0.4, 0.5) is 5.82 Å². The summed E-state index contributed by atoms with van der Waals surface area (Å²) in [6.45, 7) is 8.71. The lowest BCUT2D eigenvalue weighted by atomic mass is 10.0. The number of H-pyrrole nitrogens is 1. The summed E-state index contributed by atoms with van der Waals surface area (Å²) in [5.74, 6) is 0.595. The fourth-order valence-electron chi connectivity index (χ4n) is 4.03. The van der Waals surface area contributed by atoms with Gasteiger partial charge in [0.2, 0.25) is 0 Å². The monoisotopic (exact) mass is 377 g/mol. The molecule has 28 heavy (non-hydrogen) atoms. The number of anilines is 1. The lowest BCUT2D eigenvalue weighted by Crippen LogP contribution is -2.28. The number of aryl methyl sites for hydroxylation is 3. The highest BCUT2D eigenvalue weighted by atomic mass is 16.2. The number of benzene rings is 1. The third-order valence-electron chi connectivity index (χ3n) is 5.56. The van der Waals surface area contributed by atoms with Gasteiger partial charge in [-0.25, -0.2) is 4.98 Å². The van der Waals surface area contributed by atoms with Crippen LogP contribution < -0.4 is 5.32 Å². The molecular weight excluding hydrogens is 350 g/mol. The molecular formula is C22H27N5O. The van der Waals surface area contributed by atoms with Gasteiger partial charge < -0.3 is 15.2 Å². The number of hydrogen-bond acceptors (Lipinski definition) is 4. The number of fused-ring (bicyclic) bond motifs is 1. The van der Waals surface area contributed by atoms with Crippen LogP contribution in [0.5, 0.6) is 0 Å². The van der Waals surface area contributed by atoms with Gasteiger partial charge in [0, 0.05) is 30.7 Å². The molecule has 1 fully saturated rings. The maximum absolute atomic E-state index is 12.6. The minimum atomic E-state index is -0.0285. The van der Waals surface area contributed by atoms with E-state index in [1.165, 1.54) is 33.3 Å². The highest BCUT2D eigenvalue weighted by Gasteiger charge is 2.21. The fourth-order valence-corrected chi connectivity index (χ4v) is 4.03. The van der Waals surface area contributed by atoms with Crippen molar-refractivity contribution >= 4 is 22.6 Å². The molecule has 6 heteroatoms. The first-order chi connectivity index (χ1) is 13.6. The van der Waals surface area contributed by atoms with Crippen molar-refractivity contribution in [3.8, 4) is 0 Å². The fraction of sp³-hybridized carbons (Fsp3) is 0.409. The van der Waals surface area contributed by atoms with E-state index in [1.54, 1.807) is 12.4 Å². The van der Waals surface area contributed by atoms with Gasteiger partial charge in [-0.2, -0.15) is 0 Å². The van der Waals surface area contributed by atoms with E-state index in [0.717, 1.165) is 32.4 Å². The number of aromatic nitrogens is 3. The minimum Gasteiger partial charge on any atom is -0.365 e. The van der Waals surface area contributed by atoms with Crippen LogP contribution in [-0.4, -0.2) is 38.8 Å². The van der Waals surface area contributed by atoms with Crippen LogP contribution >= 0.6 is 0 Å². The molecule has 1 aliphatic heterocycles. The zero-order valence-corrected chi connectivity index (χ0v) is 16.8. The molecule has 2 N–H and O–H groups in total. The van der Waals surface area contributed by atoms with Crippen molar-refractivity contribution < 1.29 is 4.79 Å². The van der Waals surface area contributed by atoms with Crippen LogP contribution in [0, 0.1) is 13.8 Å². The lowest BCUT2D eigenvalue weighted by Gasteiger charge is -2.15. The number of hydrogen-bond donors (Lipinski definition) is 2. The van der Waals surface area contributed by atoms with E-state index in [0.29, 0.717) is 18.1 Å². The van der Waals surface area contributed by atoms with Gasteiger partial charge in [0.1, 0.15) is 11.5 Å². The molecule has 3 heterocycles. The van der Waals surface area contributed by atoms with E-state index in [9.17, 15) is 4.79 Å². The topological polar surface area (TPSA) is 73.9 Å². The van der Waals surface area contributed by atoms with Crippen LogP contribution in [0.15, 0.2) is 24.5 Å². The van der Waals surface area contributed by atoms with Gasteiger partial charge in [0.15, 0.2) is 0 Å². The predicted molar refractivity (Wildman–Crippen MR) is 112 cm³/mol. The Labute approximate surface area is 165 Å². The van der Waals surface area contributed by atoms with Crippen LogP contribution in [0.2, 0.25) is 0 Å². The molecule has 3 aromatic rings. The average molecular weight is 377 g/mol. The molecule has 0 saturated carbocycles. The maximum Gasteiger partial charge on any atom is 0.274 e. The SMILES string of the molecule is CCc1[nH]c2c(CNc3cncc(C(=O)N4CCCC4)n3)cc(C)cc2c1C. The van der Waals surface area contributed by atoms with Gasteiger partial charge in [-0.1, -0.05) is 18.6 Å². The van der Waals surface area contributed by atoms with Crippen molar-refractivity contribution in [1.82, 2.24) is 19.9 Å². The molecule has 2 aromatic heterocycles. The summed E-state index contributed by atoms with van der Waals surface area (Å²) in [6.07, 6.45) is 6.34. The first-order valence-electron chi connectivity index (χ1n) is 10.0. The molecule has 0 spiro atoms. The Balaban J connectivity index is 1.56. The van der Waals surface area contributed by atoms with E-state index < -0.39 is 0 Å². The summed E-state index contributed by atoms with van der Waals surface area (Å²) in [5, 5.41) is 4.62. The van der Waals surface area contributed by atoms with E-state index >= 15 is 0 Å². The second-order valence-corrected chi connectivity index (χ2v) is 7.57. The standard InChI is InChI=1S/C22H27N5O/c1-4-18-15(3)17-10-14(2)9-16(21(17)26-18)11-24-20-13-23-12-19(25-20)22(28)27-7-5-6-8-27/h9-10,12-13,26H,4-8,11H2,1-3H3,(H,24,25). The van der Waals surface area contributed by atoms with Crippen LogP contribution in [0.25, 0.3) is 10.9 Å². The van der Waals surface area contributed by atoms with Crippen molar-refractivity contribution in [3.05, 3.63) is 52.6 Å². The predicted octanol–water partition coefficient (Wildman–Crippen LogP) is 3.99. The van der Waals surface area contributed by atoms with E-state index in [1.807, 2.05) is 4.90 Å². The molecule has 1 aromatic carbocycles. The molecule has 0 radical (unpaired) electrons. The van der Waals surface area contributed by atoms with E-state index in [4.69, 9.17) is 0 Å². The summed E-state index contributed by atoms with van der Waals surface area (Å²) in [4.78, 5) is 26.7. The first kappa shape index (κ1) is 18.5. The summed E-state index contributed by atoms with van der Waals surface area (Å²) < 4.78 is 0. The summed E-state index contributed by atoms with van der Waals surface area (Å²) in [5.41, 5.74) is 6.60. The number of amides is 1. The maximum atomic E-state index is 12.6. The first-order valence-corrected chi connectivity index (χ1v) is 10.0. The van der Waals surface area contributed by atoms with Gasteiger partial charge in [-0.15, -0.1) is 0 Å². The van der Waals surface area contributed by atoms with Gasteiger partial charge in [-0.05, 0) is 50.3 Å². The van der Waals surface area contributed by atoms with E-state index in [-0.39, 0.29) is 5.91 Å². The molecule has 4 rings (SSSR count). The Bertz CT molecular complexity index is 1020. The lowest BCUT2D eigenvalue weighted by molar-refractivity contribution is 0.0786. The average Bonchev–Trinajstić information content (AvgIpc) is 3.35. The molecule has 0 aliphatic carbocycles. The Morgan fingerprint density at radius 1 is 1.21 bits per heavy atom. The molecule has 1 aliphatic rings. The quantitative estimate of drug-likeness (QED) is 0.705. The van der Waals surface area contributed by atoms with Gasteiger partial charge >= 0.3 is 0 Å². The number of nitrogens with one attached hydrogen (secondary N) is 2. The second-order valence-electron chi connectivity index (χ2n) is 7.57. The van der Waals surface area contributed by atoms with Crippen LogP contribution in [0.1, 0.15) is 52.6 Å². The number of likely N-dealkylation sites (tertiary alicyclic amines) is 1. The molecule has 1 saturated heterocycles. The second kappa shape index (κ2) is 7.62. The smallest absolute Gasteiger partial charge is 0.274 e. The summed E-state index contributed by atoms with van der Waals surface area (Å²) in [6, 6.07) is 4.43. The van der Waals surface area contributed by atoms with Gasteiger partial charge in [0.25, 0.3) is 5.91 Å². The summed E-state index contributed by atoms with van der Waals surface area (Å²) >= 11 is 0. The van der Waals surface area contributed by atoms with Crippen molar-refractivity contribution in [3.63, 3.8) is 0 Å². The van der Waals surface area contributed by atoms with Gasteiger partial charge in [0.05, 0.1) is 17.9 Å². The number of aromatic amines is 1. The molecule has 0 atom stereocenters. The number of carbonyl (C=O) groups is 1. The third-order valence-corrected chi connectivity index (χ3v) is 5.56. The molecule has 1 amide bonds. The third kappa shape index (κ3) is 3.46. The number of rotatable bonds is 5. The normalized spacial score (nSPS) is 14.0. The highest BCUT2D eigenvalue weighted by Crippen LogP contribution is 2.27. The zero-order valence-electron chi connectivity index (χ0n) is 16.8. The highest BCUT2D eigenvalue weighted by molar-refractivity contribution is 5.92. The Hall–Kier alpha value is -2.89. The van der Waals surface area contributed by atoms with Crippen LogP contribution in [0.3, 0.4) is 0 Å². The summed E-state index contributed by atoms with van der Waals surface area (Å²) in [7, 11) is 0. The Morgan fingerprint density at radius 3 is 2.75 bits per heavy atom. The van der Waals surface area contributed by atoms with Gasteiger partial charge in [-0.3, -0.25) is 9.78 Å². The number of nitrogens with zero attached hydrogens (tertiary/aromatic N) is 3. The van der Waals surface area contributed by atoms with Crippen LogP contribution in [-0.2, 0) is 13.0 Å². The number of carbonyl (C=O) groups excluding carboxylic acids is 1. The van der Waals surface area contributed by atoms with Crippen molar-refractivity contribution in [1.29, 1.82) is 0 Å². The molecule has 146 valence electrons. The van der Waals surface area contributed by atoms with Crippen molar-refractivity contribution in [2.75, 3.05) is 18.4 Å². The molecule has 0 bridgehead atoms.